The van der Waals surface area contributed by atoms with Crippen LogP contribution in [0.3, 0.4) is 0 Å². The van der Waals surface area contributed by atoms with E-state index in [4.69, 9.17) is 10.4 Å². The Morgan fingerprint density at radius 1 is 1.44 bits per heavy atom. The highest BCUT2D eigenvalue weighted by atomic mass is 19.1. The molecule has 1 heterocycles. The van der Waals surface area contributed by atoms with E-state index < -0.39 is 23.3 Å². The van der Waals surface area contributed by atoms with Gasteiger partial charge in [-0.25, -0.2) is 9.18 Å². The Kier molecular flexibility index (Phi) is 2.69. The van der Waals surface area contributed by atoms with Gasteiger partial charge in [-0.2, -0.15) is 5.26 Å². The van der Waals surface area contributed by atoms with Gasteiger partial charge in [0.15, 0.2) is 11.6 Å². The molecule has 0 aliphatic rings. The molecule has 6 nitrogen and oxygen atoms in total. The fraction of sp³-hybridized carbons (Fsp3) is 0. The van der Waals surface area contributed by atoms with E-state index in [1.807, 2.05) is 0 Å². The first kappa shape index (κ1) is 11.6. The monoisotopic (exact) mass is 248 g/mol. The zero-order valence-electron chi connectivity index (χ0n) is 8.72. The molecule has 0 radical (unpaired) electrons. The van der Waals surface area contributed by atoms with Crippen LogP contribution >= 0.6 is 0 Å². The Morgan fingerprint density at radius 2 is 2.17 bits per heavy atom. The Balaban J connectivity index is 2.54. The van der Waals surface area contributed by atoms with Gasteiger partial charge in [-0.05, 0) is 12.1 Å². The number of carboxylic acids is 1. The molecule has 2 rings (SSSR count). The number of aromatic nitrogens is 1. The highest BCUT2D eigenvalue weighted by molar-refractivity contribution is 5.85. The number of phenolic OH excluding ortho intramolecular Hbond substituents is 1. The number of phenols is 1. The number of hydrogen-bond acceptors (Lipinski definition) is 5. The van der Waals surface area contributed by atoms with E-state index in [2.05, 4.69) is 9.68 Å². The predicted molar refractivity (Wildman–Crippen MR) is 55.2 cm³/mol. The first-order valence-corrected chi connectivity index (χ1v) is 4.66. The summed E-state index contributed by atoms with van der Waals surface area (Å²) in [7, 11) is 0. The molecule has 0 saturated heterocycles. The maximum absolute atomic E-state index is 13.3. The number of halogens is 1. The zero-order chi connectivity index (χ0) is 13.3. The summed E-state index contributed by atoms with van der Waals surface area (Å²) in [4.78, 5) is 10.6. The molecule has 0 unspecified atom stereocenters. The third-order valence-electron chi connectivity index (χ3n) is 2.20. The van der Waals surface area contributed by atoms with Crippen LogP contribution in [0.25, 0.3) is 11.3 Å². The maximum atomic E-state index is 13.3. The average Bonchev–Trinajstić information content (AvgIpc) is 2.82. The lowest BCUT2D eigenvalue weighted by Crippen LogP contribution is -1.91. The van der Waals surface area contributed by atoms with Gasteiger partial charge < -0.3 is 14.7 Å². The van der Waals surface area contributed by atoms with E-state index in [0.29, 0.717) is 0 Å². The summed E-state index contributed by atoms with van der Waals surface area (Å²) in [6.45, 7) is 0. The van der Waals surface area contributed by atoms with Crippen LogP contribution in [0.15, 0.2) is 22.7 Å². The molecule has 0 fully saturated rings. The Hall–Kier alpha value is -2.88. The number of aromatic carboxylic acids is 1. The lowest BCUT2D eigenvalue weighted by atomic mass is 10.1. The third-order valence-corrected chi connectivity index (χ3v) is 2.20. The third kappa shape index (κ3) is 1.87. The van der Waals surface area contributed by atoms with Crippen molar-refractivity contribution in [3.8, 4) is 23.1 Å². The van der Waals surface area contributed by atoms with Gasteiger partial charge in [0, 0.05) is 11.6 Å². The van der Waals surface area contributed by atoms with Crippen LogP contribution in [0.4, 0.5) is 4.39 Å². The van der Waals surface area contributed by atoms with E-state index in [0.717, 1.165) is 12.1 Å². The normalized spacial score (nSPS) is 10.0. The summed E-state index contributed by atoms with van der Waals surface area (Å²) in [5.41, 5.74) is -0.0780. The second kappa shape index (κ2) is 4.18. The standard InChI is InChI=1S/C11H5FN2O4/c12-7-2-5(1-6(4-13)10(7)15)8-3-9(11(16)17)18-14-8/h1-3,15H,(H,16,17). The van der Waals surface area contributed by atoms with Gasteiger partial charge in [-0.3, -0.25) is 0 Å². The van der Waals surface area contributed by atoms with Crippen molar-refractivity contribution in [3.05, 3.63) is 35.3 Å². The van der Waals surface area contributed by atoms with Crippen molar-refractivity contribution >= 4 is 5.97 Å². The van der Waals surface area contributed by atoms with E-state index in [1.54, 1.807) is 6.07 Å². The van der Waals surface area contributed by atoms with Crippen molar-refractivity contribution in [2.45, 2.75) is 0 Å². The van der Waals surface area contributed by atoms with Crippen LogP contribution in [0.1, 0.15) is 16.1 Å². The number of carbonyl (C=O) groups is 1. The minimum atomic E-state index is -1.31. The van der Waals surface area contributed by atoms with Crippen molar-refractivity contribution in [1.29, 1.82) is 5.26 Å². The topological polar surface area (TPSA) is 107 Å². The first-order chi connectivity index (χ1) is 8.52. The van der Waals surface area contributed by atoms with Crippen molar-refractivity contribution in [2.75, 3.05) is 0 Å². The first-order valence-electron chi connectivity index (χ1n) is 4.66. The quantitative estimate of drug-likeness (QED) is 0.838. The Morgan fingerprint density at radius 3 is 2.72 bits per heavy atom. The molecular weight excluding hydrogens is 243 g/mol. The number of nitrogens with zero attached hydrogens (tertiary/aromatic N) is 2. The van der Waals surface area contributed by atoms with E-state index in [1.165, 1.54) is 6.07 Å². The average molecular weight is 248 g/mol. The molecule has 1 aromatic carbocycles. The lowest BCUT2D eigenvalue weighted by molar-refractivity contribution is 0.0652. The van der Waals surface area contributed by atoms with Gasteiger partial charge in [-0.1, -0.05) is 5.16 Å². The molecule has 0 saturated carbocycles. The van der Waals surface area contributed by atoms with Crippen molar-refractivity contribution in [2.24, 2.45) is 0 Å². The van der Waals surface area contributed by atoms with Crippen LogP contribution in [-0.4, -0.2) is 21.3 Å². The summed E-state index contributed by atoms with van der Waals surface area (Å²) >= 11 is 0. The van der Waals surface area contributed by atoms with Crippen molar-refractivity contribution in [1.82, 2.24) is 5.16 Å². The molecule has 0 atom stereocenters. The second-order valence-electron chi connectivity index (χ2n) is 3.35. The molecule has 1 aromatic heterocycles. The number of rotatable bonds is 2. The molecule has 7 heteroatoms. The maximum Gasteiger partial charge on any atom is 0.374 e. The summed E-state index contributed by atoms with van der Waals surface area (Å²) in [5.74, 6) is -3.47. The second-order valence-corrected chi connectivity index (χ2v) is 3.35. The molecule has 0 spiro atoms. The fourth-order valence-electron chi connectivity index (χ4n) is 1.34. The number of benzene rings is 1. The summed E-state index contributed by atoms with van der Waals surface area (Å²) in [6.07, 6.45) is 0. The van der Waals surface area contributed by atoms with Crippen LogP contribution in [0, 0.1) is 17.1 Å². The molecule has 90 valence electrons. The van der Waals surface area contributed by atoms with Gasteiger partial charge in [0.1, 0.15) is 11.8 Å². The zero-order valence-corrected chi connectivity index (χ0v) is 8.72. The predicted octanol–water partition coefficient (Wildman–Crippen LogP) is 1.76. The SMILES string of the molecule is N#Cc1cc(-c2cc(C(=O)O)on2)cc(F)c1O. The van der Waals surface area contributed by atoms with E-state index in [9.17, 15) is 14.3 Å². The van der Waals surface area contributed by atoms with Gasteiger partial charge in [0.05, 0.1) is 5.56 Å². The smallest absolute Gasteiger partial charge is 0.374 e. The lowest BCUT2D eigenvalue weighted by Gasteiger charge is -2.00. The molecule has 0 aliphatic carbocycles. The van der Waals surface area contributed by atoms with E-state index >= 15 is 0 Å². The molecule has 0 amide bonds. The largest absolute Gasteiger partial charge is 0.504 e. The fourth-order valence-corrected chi connectivity index (χ4v) is 1.34. The summed E-state index contributed by atoms with van der Waals surface area (Å²) in [6, 6.07) is 4.82. The van der Waals surface area contributed by atoms with E-state index in [-0.39, 0.29) is 16.8 Å². The van der Waals surface area contributed by atoms with Crippen molar-refractivity contribution in [3.63, 3.8) is 0 Å². The van der Waals surface area contributed by atoms with Crippen LogP contribution in [-0.2, 0) is 0 Å². The molecule has 18 heavy (non-hydrogen) atoms. The van der Waals surface area contributed by atoms with Gasteiger partial charge >= 0.3 is 5.97 Å². The number of aromatic hydroxyl groups is 1. The molecule has 2 aromatic rings. The number of carboxylic acid groups (broad SMARTS) is 1. The molecule has 0 bridgehead atoms. The van der Waals surface area contributed by atoms with Gasteiger partial charge in [-0.15, -0.1) is 0 Å². The van der Waals surface area contributed by atoms with Crippen LogP contribution in [0.2, 0.25) is 0 Å². The van der Waals surface area contributed by atoms with Crippen molar-refractivity contribution < 1.29 is 23.9 Å². The van der Waals surface area contributed by atoms with Crippen LogP contribution in [0.5, 0.6) is 5.75 Å². The van der Waals surface area contributed by atoms with Crippen LogP contribution < -0.4 is 0 Å². The minimum absolute atomic E-state index is 0.0581. The van der Waals surface area contributed by atoms with Gasteiger partial charge in [0.2, 0.25) is 5.76 Å². The highest BCUT2D eigenvalue weighted by Crippen LogP contribution is 2.28. The number of nitriles is 1. The molecular formula is C11H5FN2O4. The molecule has 2 N–H and O–H groups in total. The Labute approximate surface area is 99.5 Å². The summed E-state index contributed by atoms with van der Waals surface area (Å²) < 4.78 is 17.8. The van der Waals surface area contributed by atoms with Gasteiger partial charge in [0.25, 0.3) is 0 Å². The summed E-state index contributed by atoms with van der Waals surface area (Å²) in [5, 5.41) is 30.0. The minimum Gasteiger partial charge on any atom is -0.504 e. The highest BCUT2D eigenvalue weighted by Gasteiger charge is 2.16. The number of hydrogen-bond donors (Lipinski definition) is 2. The Bertz CT molecular complexity index is 672. The molecule has 0 aliphatic heterocycles.